The highest BCUT2D eigenvalue weighted by Gasteiger charge is 2.17. The highest BCUT2D eigenvalue weighted by molar-refractivity contribution is 7.98. The standard InChI is InChI=1S/C20H19N5O3S/c1-25-19(14-9-5-7-11-16(14)27-3)22-23-20(25)29-12-17-21-18(24-28-17)13-8-4-6-10-15(13)26-2/h4-11H,12H2,1-3H3. The van der Waals surface area contributed by atoms with Gasteiger partial charge in [-0.3, -0.25) is 0 Å². The van der Waals surface area contributed by atoms with Crippen LogP contribution in [0.3, 0.4) is 0 Å². The number of methoxy groups -OCH3 is 2. The Bertz CT molecular complexity index is 1120. The lowest BCUT2D eigenvalue weighted by Gasteiger charge is -2.07. The Hall–Kier alpha value is -3.33. The number of nitrogens with zero attached hydrogens (tertiary/aromatic N) is 5. The quantitative estimate of drug-likeness (QED) is 0.426. The van der Waals surface area contributed by atoms with E-state index in [0.29, 0.717) is 23.2 Å². The molecule has 0 bridgehead atoms. The van der Waals surface area contributed by atoms with Gasteiger partial charge in [0.25, 0.3) is 0 Å². The van der Waals surface area contributed by atoms with E-state index in [9.17, 15) is 0 Å². The minimum Gasteiger partial charge on any atom is -0.496 e. The molecule has 9 heteroatoms. The largest absolute Gasteiger partial charge is 0.496 e. The van der Waals surface area contributed by atoms with Crippen molar-refractivity contribution >= 4 is 11.8 Å². The van der Waals surface area contributed by atoms with Crippen LogP contribution in [0, 0.1) is 0 Å². The van der Waals surface area contributed by atoms with Crippen LogP contribution in [0.2, 0.25) is 0 Å². The van der Waals surface area contributed by atoms with Crippen LogP contribution in [0.25, 0.3) is 22.8 Å². The van der Waals surface area contributed by atoms with Gasteiger partial charge in [0, 0.05) is 7.05 Å². The molecule has 2 aromatic heterocycles. The molecule has 0 unspecified atom stereocenters. The lowest BCUT2D eigenvalue weighted by molar-refractivity contribution is 0.390. The first-order valence-corrected chi connectivity index (χ1v) is 9.81. The zero-order valence-corrected chi connectivity index (χ0v) is 17.0. The molecule has 0 aliphatic rings. The van der Waals surface area contributed by atoms with Crippen LogP contribution >= 0.6 is 11.8 Å². The minimum absolute atomic E-state index is 0.472. The van der Waals surface area contributed by atoms with Crippen molar-refractivity contribution in [2.24, 2.45) is 7.05 Å². The van der Waals surface area contributed by atoms with E-state index >= 15 is 0 Å². The van der Waals surface area contributed by atoms with E-state index in [-0.39, 0.29) is 0 Å². The van der Waals surface area contributed by atoms with E-state index in [1.807, 2.05) is 60.1 Å². The van der Waals surface area contributed by atoms with Gasteiger partial charge in [-0.05, 0) is 24.3 Å². The summed E-state index contributed by atoms with van der Waals surface area (Å²) in [5, 5.41) is 13.4. The number of ether oxygens (including phenoxy) is 2. The first-order valence-electron chi connectivity index (χ1n) is 8.82. The van der Waals surface area contributed by atoms with Gasteiger partial charge < -0.3 is 18.6 Å². The molecule has 0 fully saturated rings. The molecule has 0 atom stereocenters. The topological polar surface area (TPSA) is 88.1 Å². The van der Waals surface area contributed by atoms with Crippen LogP contribution in [0.4, 0.5) is 0 Å². The smallest absolute Gasteiger partial charge is 0.237 e. The van der Waals surface area contributed by atoms with Crippen LogP contribution < -0.4 is 9.47 Å². The first-order chi connectivity index (χ1) is 14.2. The molecule has 2 heterocycles. The molecule has 8 nitrogen and oxygen atoms in total. The number of aromatic nitrogens is 5. The van der Waals surface area contributed by atoms with Gasteiger partial charge in [0.15, 0.2) is 11.0 Å². The third-order valence-electron chi connectivity index (χ3n) is 4.32. The monoisotopic (exact) mass is 409 g/mol. The van der Waals surface area contributed by atoms with Gasteiger partial charge in [-0.2, -0.15) is 4.98 Å². The summed E-state index contributed by atoms with van der Waals surface area (Å²) in [7, 11) is 5.17. The summed E-state index contributed by atoms with van der Waals surface area (Å²) in [6, 6.07) is 15.3. The molecular formula is C20H19N5O3S. The molecule has 4 rings (SSSR count). The van der Waals surface area contributed by atoms with Crippen molar-refractivity contribution in [1.29, 1.82) is 0 Å². The van der Waals surface area contributed by atoms with Gasteiger partial charge in [-0.15, -0.1) is 10.2 Å². The van der Waals surface area contributed by atoms with Crippen molar-refractivity contribution in [2.75, 3.05) is 14.2 Å². The van der Waals surface area contributed by atoms with Crippen molar-refractivity contribution < 1.29 is 14.0 Å². The second-order valence-corrected chi connectivity index (χ2v) is 7.01. The van der Waals surface area contributed by atoms with E-state index in [2.05, 4.69) is 20.3 Å². The molecule has 0 N–H and O–H groups in total. The molecule has 0 radical (unpaired) electrons. The van der Waals surface area contributed by atoms with Crippen molar-refractivity contribution in [3.05, 3.63) is 54.4 Å². The Kier molecular flexibility index (Phi) is 5.48. The number of hydrogen-bond donors (Lipinski definition) is 0. The zero-order valence-electron chi connectivity index (χ0n) is 16.2. The van der Waals surface area contributed by atoms with Crippen LogP contribution in [0.1, 0.15) is 5.89 Å². The number of rotatable bonds is 7. The highest BCUT2D eigenvalue weighted by atomic mass is 32.2. The molecule has 0 saturated heterocycles. The Labute approximate surface area is 171 Å². The van der Waals surface area contributed by atoms with Crippen LogP contribution in [0.15, 0.2) is 58.2 Å². The first kappa shape index (κ1) is 19.0. The lowest BCUT2D eigenvalue weighted by Crippen LogP contribution is -1.97. The summed E-state index contributed by atoms with van der Waals surface area (Å²) in [5.41, 5.74) is 1.67. The van der Waals surface area contributed by atoms with Crippen molar-refractivity contribution in [2.45, 2.75) is 10.9 Å². The van der Waals surface area contributed by atoms with E-state index in [0.717, 1.165) is 27.9 Å². The molecular weight excluding hydrogens is 390 g/mol. The Morgan fingerprint density at radius 3 is 2.31 bits per heavy atom. The fourth-order valence-electron chi connectivity index (χ4n) is 2.88. The summed E-state index contributed by atoms with van der Waals surface area (Å²) in [5.74, 6) is 3.63. The summed E-state index contributed by atoms with van der Waals surface area (Å²) in [4.78, 5) is 4.47. The average Bonchev–Trinajstić information content (AvgIpc) is 3.38. The zero-order chi connectivity index (χ0) is 20.2. The third-order valence-corrected chi connectivity index (χ3v) is 5.33. The maximum atomic E-state index is 5.43. The SMILES string of the molecule is COc1ccccc1-c1noc(CSc2nnc(-c3ccccc3OC)n2C)n1. The molecule has 148 valence electrons. The molecule has 0 aliphatic carbocycles. The predicted octanol–water partition coefficient (Wildman–Crippen LogP) is 3.84. The fraction of sp³-hybridized carbons (Fsp3) is 0.200. The van der Waals surface area contributed by atoms with Crippen molar-refractivity contribution in [3.8, 4) is 34.3 Å². The van der Waals surface area contributed by atoms with Gasteiger partial charge in [-0.1, -0.05) is 41.2 Å². The Balaban J connectivity index is 1.51. The maximum Gasteiger partial charge on any atom is 0.237 e. The summed E-state index contributed by atoms with van der Waals surface area (Å²) in [6.07, 6.45) is 0. The number of hydrogen-bond acceptors (Lipinski definition) is 8. The van der Waals surface area contributed by atoms with Gasteiger partial charge in [-0.25, -0.2) is 0 Å². The second kappa shape index (κ2) is 8.36. The summed E-state index contributed by atoms with van der Waals surface area (Å²) in [6.45, 7) is 0. The van der Waals surface area contributed by atoms with Crippen LogP contribution in [-0.4, -0.2) is 39.1 Å². The van der Waals surface area contributed by atoms with Crippen molar-refractivity contribution in [1.82, 2.24) is 24.9 Å². The minimum atomic E-state index is 0.472. The maximum absolute atomic E-state index is 5.43. The molecule has 0 spiro atoms. The van der Waals surface area contributed by atoms with Gasteiger partial charge in [0.1, 0.15) is 11.5 Å². The van der Waals surface area contributed by atoms with E-state index in [4.69, 9.17) is 14.0 Å². The number of para-hydroxylation sites is 2. The van der Waals surface area contributed by atoms with Gasteiger partial charge in [0.05, 0.1) is 31.1 Å². The Morgan fingerprint density at radius 2 is 1.59 bits per heavy atom. The average molecular weight is 409 g/mol. The summed E-state index contributed by atoms with van der Waals surface area (Å²) < 4.78 is 18.1. The third kappa shape index (κ3) is 3.81. The van der Waals surface area contributed by atoms with E-state index < -0.39 is 0 Å². The van der Waals surface area contributed by atoms with Gasteiger partial charge >= 0.3 is 0 Å². The van der Waals surface area contributed by atoms with E-state index in [1.165, 1.54) is 11.8 Å². The fourth-order valence-corrected chi connectivity index (χ4v) is 3.63. The highest BCUT2D eigenvalue weighted by Crippen LogP contribution is 2.31. The second-order valence-electron chi connectivity index (χ2n) is 6.07. The number of benzene rings is 2. The molecule has 0 aliphatic heterocycles. The van der Waals surface area contributed by atoms with Crippen LogP contribution in [0.5, 0.6) is 11.5 Å². The summed E-state index contributed by atoms with van der Waals surface area (Å²) >= 11 is 1.47. The normalized spacial score (nSPS) is 10.9. The van der Waals surface area contributed by atoms with Gasteiger partial charge in [0.2, 0.25) is 11.7 Å². The number of thioether (sulfide) groups is 1. The molecule has 0 saturated carbocycles. The predicted molar refractivity (Wildman–Crippen MR) is 109 cm³/mol. The lowest BCUT2D eigenvalue weighted by atomic mass is 10.2. The van der Waals surface area contributed by atoms with Crippen LogP contribution in [-0.2, 0) is 12.8 Å². The molecule has 29 heavy (non-hydrogen) atoms. The molecule has 0 amide bonds. The molecule has 2 aromatic carbocycles. The Morgan fingerprint density at radius 1 is 0.931 bits per heavy atom. The van der Waals surface area contributed by atoms with Crippen molar-refractivity contribution in [3.63, 3.8) is 0 Å². The van der Waals surface area contributed by atoms with E-state index in [1.54, 1.807) is 14.2 Å². The molecule has 4 aromatic rings.